The first kappa shape index (κ1) is 23.2. The largest absolute Gasteiger partial charge is 0.493 e. The third-order valence-electron chi connectivity index (χ3n) is 5.28. The predicted octanol–water partition coefficient (Wildman–Crippen LogP) is 4.35. The summed E-state index contributed by atoms with van der Waals surface area (Å²) < 4.78 is 44.8. The fourth-order valence-electron chi connectivity index (χ4n) is 3.67. The van der Waals surface area contributed by atoms with E-state index in [0.29, 0.717) is 52.0 Å². The van der Waals surface area contributed by atoms with Crippen molar-refractivity contribution in [2.75, 3.05) is 24.2 Å². The summed E-state index contributed by atoms with van der Waals surface area (Å²) in [5.41, 5.74) is 0.622. The standard InChI is InChI=1S/C22H18ClF2N7O2S/c1-33-17-4-6-26-19-20(17)34-11-16(14-3-2-13(24)8-15(14)25)32-21(19)29-30-22(32)31-35-7-5-18-27-9-12(23)10-28-18/h2-4,6,8-10,16H,5,7,11H2,1H3,(H,30,31). The average Bonchev–Trinajstić information content (AvgIpc) is 3.19. The molecular weight excluding hydrogens is 500 g/mol. The summed E-state index contributed by atoms with van der Waals surface area (Å²) in [6, 6.07) is 4.38. The van der Waals surface area contributed by atoms with E-state index in [2.05, 4.69) is 29.9 Å². The van der Waals surface area contributed by atoms with E-state index in [4.69, 9.17) is 21.1 Å². The molecule has 0 radical (unpaired) electrons. The smallest absolute Gasteiger partial charge is 0.235 e. The Kier molecular flexibility index (Phi) is 6.64. The third-order valence-corrected chi connectivity index (χ3v) is 6.21. The molecule has 0 amide bonds. The van der Waals surface area contributed by atoms with E-state index in [9.17, 15) is 8.78 Å². The molecule has 4 heterocycles. The van der Waals surface area contributed by atoms with Crippen LogP contribution in [0.5, 0.6) is 11.5 Å². The lowest BCUT2D eigenvalue weighted by Gasteiger charge is -2.20. The Hall–Kier alpha value is -3.51. The minimum absolute atomic E-state index is 0.0145. The van der Waals surface area contributed by atoms with Crippen LogP contribution in [-0.2, 0) is 6.42 Å². The van der Waals surface area contributed by atoms with Crippen LogP contribution in [0.4, 0.5) is 14.7 Å². The van der Waals surface area contributed by atoms with Gasteiger partial charge in [-0.1, -0.05) is 17.7 Å². The van der Waals surface area contributed by atoms with Crippen LogP contribution < -0.4 is 14.2 Å². The van der Waals surface area contributed by atoms with Crippen LogP contribution in [0.1, 0.15) is 17.4 Å². The second kappa shape index (κ2) is 10.0. The topological polar surface area (TPSA) is 99.9 Å². The molecule has 13 heteroatoms. The highest BCUT2D eigenvalue weighted by Gasteiger charge is 2.33. The van der Waals surface area contributed by atoms with Crippen LogP contribution >= 0.6 is 23.5 Å². The van der Waals surface area contributed by atoms with Crippen LogP contribution in [0.3, 0.4) is 0 Å². The fourth-order valence-corrected chi connectivity index (χ4v) is 4.42. The number of nitrogens with zero attached hydrogens (tertiary/aromatic N) is 6. The Morgan fingerprint density at radius 1 is 1.20 bits per heavy atom. The SMILES string of the molecule is COc1ccnc2c1OCC(c1ccc(F)cc1F)n1c(NSCCc3ncc(Cl)cn3)nnc1-2. The van der Waals surface area contributed by atoms with E-state index in [1.165, 1.54) is 31.2 Å². The van der Waals surface area contributed by atoms with E-state index in [0.717, 1.165) is 6.07 Å². The normalized spacial score (nSPS) is 14.5. The van der Waals surface area contributed by atoms with Gasteiger partial charge in [-0.3, -0.25) is 9.29 Å². The minimum atomic E-state index is -0.706. The lowest BCUT2D eigenvalue weighted by molar-refractivity contribution is 0.263. The molecule has 1 aliphatic heterocycles. The number of benzene rings is 1. The summed E-state index contributed by atoms with van der Waals surface area (Å²) in [6.07, 6.45) is 5.23. The average molecular weight is 518 g/mol. The first-order valence-corrected chi connectivity index (χ1v) is 11.8. The number of anilines is 1. The van der Waals surface area contributed by atoms with E-state index < -0.39 is 17.7 Å². The molecule has 0 spiro atoms. The van der Waals surface area contributed by atoms with Gasteiger partial charge in [-0.2, -0.15) is 0 Å². The van der Waals surface area contributed by atoms with Gasteiger partial charge >= 0.3 is 0 Å². The number of hydrogen-bond acceptors (Lipinski definition) is 9. The molecular formula is C22H18ClF2N7O2S. The molecule has 0 aliphatic carbocycles. The van der Waals surface area contributed by atoms with Gasteiger partial charge in [-0.05, 0) is 18.0 Å². The predicted molar refractivity (Wildman–Crippen MR) is 127 cm³/mol. The second-order valence-corrected chi connectivity index (χ2v) is 8.76. The van der Waals surface area contributed by atoms with Gasteiger partial charge in [-0.15, -0.1) is 10.2 Å². The Morgan fingerprint density at radius 3 is 2.80 bits per heavy atom. The molecule has 0 bridgehead atoms. The number of aromatic nitrogens is 6. The molecule has 35 heavy (non-hydrogen) atoms. The second-order valence-electron chi connectivity index (χ2n) is 7.42. The summed E-state index contributed by atoms with van der Waals surface area (Å²) in [5, 5.41) is 9.05. The number of aryl methyl sites for hydroxylation is 1. The van der Waals surface area contributed by atoms with Gasteiger partial charge in [0.15, 0.2) is 23.0 Å². The Bertz CT molecular complexity index is 1360. The number of fused-ring (bicyclic) bond motifs is 3. The zero-order chi connectivity index (χ0) is 24.4. The van der Waals surface area contributed by atoms with Crippen molar-refractivity contribution >= 4 is 29.5 Å². The Morgan fingerprint density at radius 2 is 2.03 bits per heavy atom. The summed E-state index contributed by atoms with van der Waals surface area (Å²) in [6.45, 7) is 0.0145. The molecule has 9 nitrogen and oxygen atoms in total. The van der Waals surface area contributed by atoms with Crippen LogP contribution in [-0.4, -0.2) is 49.2 Å². The summed E-state index contributed by atoms with van der Waals surface area (Å²) in [7, 11) is 1.51. The van der Waals surface area contributed by atoms with Crippen molar-refractivity contribution in [2.45, 2.75) is 12.5 Å². The highest BCUT2D eigenvalue weighted by atomic mass is 35.5. The van der Waals surface area contributed by atoms with E-state index >= 15 is 0 Å². The molecule has 0 saturated carbocycles. The number of nitrogens with one attached hydrogen (secondary N) is 1. The molecule has 1 unspecified atom stereocenters. The van der Waals surface area contributed by atoms with Gasteiger partial charge in [0.1, 0.15) is 30.1 Å². The van der Waals surface area contributed by atoms with Crippen molar-refractivity contribution in [2.24, 2.45) is 0 Å². The molecule has 3 aromatic heterocycles. The third kappa shape index (κ3) is 4.71. The first-order chi connectivity index (χ1) is 17.0. The summed E-state index contributed by atoms with van der Waals surface area (Å²) in [4.78, 5) is 12.8. The lowest BCUT2D eigenvalue weighted by atomic mass is 10.1. The maximum absolute atomic E-state index is 14.9. The monoisotopic (exact) mass is 517 g/mol. The van der Waals surface area contributed by atoms with E-state index in [1.807, 2.05) is 0 Å². The number of methoxy groups -OCH3 is 1. The molecule has 1 N–H and O–H groups in total. The molecule has 1 aliphatic rings. The van der Waals surface area contributed by atoms with Crippen molar-refractivity contribution in [3.63, 3.8) is 0 Å². The molecule has 1 atom stereocenters. The molecule has 5 rings (SSSR count). The van der Waals surface area contributed by atoms with Crippen molar-refractivity contribution < 1.29 is 18.3 Å². The molecule has 0 saturated heterocycles. The zero-order valence-corrected chi connectivity index (χ0v) is 19.9. The van der Waals surface area contributed by atoms with Gasteiger partial charge in [0.05, 0.1) is 12.1 Å². The number of rotatable bonds is 7. The first-order valence-electron chi connectivity index (χ1n) is 10.5. The van der Waals surface area contributed by atoms with E-state index in [-0.39, 0.29) is 12.2 Å². The highest BCUT2D eigenvalue weighted by Crippen LogP contribution is 2.42. The van der Waals surface area contributed by atoms with Crippen molar-refractivity contribution in [1.82, 2.24) is 29.7 Å². The van der Waals surface area contributed by atoms with Crippen LogP contribution in [0.25, 0.3) is 11.5 Å². The quantitative estimate of drug-likeness (QED) is 0.283. The summed E-state index contributed by atoms with van der Waals surface area (Å²) >= 11 is 7.19. The maximum Gasteiger partial charge on any atom is 0.235 e. The Labute approximate surface area is 208 Å². The van der Waals surface area contributed by atoms with Gasteiger partial charge < -0.3 is 9.47 Å². The minimum Gasteiger partial charge on any atom is -0.493 e. The van der Waals surface area contributed by atoms with Crippen LogP contribution in [0.2, 0.25) is 5.02 Å². The lowest BCUT2D eigenvalue weighted by Crippen LogP contribution is -2.20. The fraction of sp³-hybridized carbons (Fsp3) is 0.227. The number of hydrogen-bond donors (Lipinski definition) is 1. The number of pyridine rings is 1. The van der Waals surface area contributed by atoms with Crippen LogP contribution in [0.15, 0.2) is 42.9 Å². The summed E-state index contributed by atoms with van der Waals surface area (Å²) in [5.74, 6) is 1.42. The van der Waals surface area contributed by atoms with Gasteiger partial charge in [0, 0.05) is 48.5 Å². The van der Waals surface area contributed by atoms with Gasteiger partial charge in [0.25, 0.3) is 0 Å². The Balaban J connectivity index is 1.47. The molecule has 4 aromatic rings. The van der Waals surface area contributed by atoms with Crippen molar-refractivity contribution in [3.05, 3.63) is 70.9 Å². The van der Waals surface area contributed by atoms with E-state index in [1.54, 1.807) is 29.2 Å². The zero-order valence-electron chi connectivity index (χ0n) is 18.3. The maximum atomic E-state index is 14.9. The van der Waals surface area contributed by atoms with Gasteiger partial charge in [0.2, 0.25) is 5.95 Å². The van der Waals surface area contributed by atoms with Gasteiger partial charge in [-0.25, -0.2) is 23.7 Å². The van der Waals surface area contributed by atoms with Crippen LogP contribution in [0, 0.1) is 11.6 Å². The van der Waals surface area contributed by atoms with Crippen molar-refractivity contribution in [1.29, 1.82) is 0 Å². The number of ether oxygens (including phenoxy) is 2. The molecule has 0 fully saturated rings. The highest BCUT2D eigenvalue weighted by molar-refractivity contribution is 8.00. The molecule has 1 aromatic carbocycles. The molecule has 180 valence electrons. The van der Waals surface area contributed by atoms with Crippen molar-refractivity contribution in [3.8, 4) is 23.0 Å². The number of halogens is 3.